The molecular formula is C17H24N3O+. The zero-order valence-electron chi connectivity index (χ0n) is 12.5. The Morgan fingerprint density at radius 1 is 1.33 bits per heavy atom. The first-order chi connectivity index (χ1) is 10.3. The average Bonchev–Trinajstić information content (AvgIpc) is 2.57. The number of aromatic nitrogens is 1. The largest absolute Gasteiger partial charge is 0.332 e. The van der Waals surface area contributed by atoms with Gasteiger partial charge in [0.1, 0.15) is 0 Å². The van der Waals surface area contributed by atoms with Gasteiger partial charge in [-0.15, -0.1) is 0 Å². The van der Waals surface area contributed by atoms with Crippen molar-refractivity contribution in [3.63, 3.8) is 0 Å². The molecule has 1 aromatic rings. The van der Waals surface area contributed by atoms with E-state index in [-0.39, 0.29) is 5.91 Å². The number of piperazine rings is 1. The zero-order valence-corrected chi connectivity index (χ0v) is 12.5. The Labute approximate surface area is 126 Å². The van der Waals surface area contributed by atoms with Gasteiger partial charge < -0.3 is 9.80 Å². The van der Waals surface area contributed by atoms with E-state index in [1.54, 1.807) is 17.3 Å². The van der Waals surface area contributed by atoms with E-state index in [2.05, 4.69) is 17.1 Å². The summed E-state index contributed by atoms with van der Waals surface area (Å²) >= 11 is 0. The Kier molecular flexibility index (Phi) is 4.65. The van der Waals surface area contributed by atoms with Gasteiger partial charge in [0.2, 0.25) is 0 Å². The second-order valence-electron chi connectivity index (χ2n) is 6.14. The molecule has 21 heavy (non-hydrogen) atoms. The lowest BCUT2D eigenvalue weighted by Gasteiger charge is -2.34. The van der Waals surface area contributed by atoms with Gasteiger partial charge in [-0.25, -0.2) is 0 Å². The lowest BCUT2D eigenvalue weighted by Crippen LogP contribution is -3.15. The van der Waals surface area contributed by atoms with Crippen LogP contribution in [0.2, 0.25) is 0 Å². The van der Waals surface area contributed by atoms with Crippen LogP contribution < -0.4 is 4.90 Å². The number of quaternary nitrogens is 1. The summed E-state index contributed by atoms with van der Waals surface area (Å²) in [7, 11) is 0. The highest BCUT2D eigenvalue weighted by atomic mass is 16.2. The van der Waals surface area contributed by atoms with Crippen LogP contribution in [-0.4, -0.2) is 48.5 Å². The number of nitrogens with one attached hydrogen (secondary N) is 1. The summed E-state index contributed by atoms with van der Waals surface area (Å²) in [5.41, 5.74) is 0.707. The molecule has 0 spiro atoms. The van der Waals surface area contributed by atoms with Gasteiger partial charge in [0, 0.05) is 18.3 Å². The molecule has 3 rings (SSSR count). The van der Waals surface area contributed by atoms with Crippen molar-refractivity contribution >= 4 is 5.91 Å². The van der Waals surface area contributed by atoms with E-state index in [4.69, 9.17) is 0 Å². The normalized spacial score (nSPS) is 23.2. The maximum Gasteiger partial charge on any atom is 0.255 e. The van der Waals surface area contributed by atoms with Crippen LogP contribution in [0, 0.1) is 5.92 Å². The minimum absolute atomic E-state index is 0.128. The molecular weight excluding hydrogens is 262 g/mol. The molecule has 4 nitrogen and oxygen atoms in total. The first-order valence-corrected chi connectivity index (χ1v) is 8.01. The molecule has 1 amide bonds. The third-order valence-electron chi connectivity index (χ3n) is 4.62. The lowest BCUT2D eigenvalue weighted by molar-refractivity contribution is -0.907. The SMILES string of the molecule is O=C(c1cccnc1)N1CC[NH+](C[C@H]2CC=CCC2)CC1. The van der Waals surface area contributed by atoms with Gasteiger partial charge in [0.15, 0.2) is 0 Å². The lowest BCUT2D eigenvalue weighted by atomic mass is 9.94. The summed E-state index contributed by atoms with van der Waals surface area (Å²) in [6, 6.07) is 3.67. The first-order valence-electron chi connectivity index (χ1n) is 8.01. The molecule has 1 aliphatic heterocycles. The topological polar surface area (TPSA) is 37.6 Å². The Morgan fingerprint density at radius 3 is 2.86 bits per heavy atom. The van der Waals surface area contributed by atoms with E-state index < -0.39 is 0 Å². The molecule has 0 bridgehead atoms. The van der Waals surface area contributed by atoms with E-state index >= 15 is 0 Å². The van der Waals surface area contributed by atoms with Crippen molar-refractivity contribution in [2.75, 3.05) is 32.7 Å². The fourth-order valence-corrected chi connectivity index (χ4v) is 3.35. The second kappa shape index (κ2) is 6.85. The zero-order chi connectivity index (χ0) is 14.5. The summed E-state index contributed by atoms with van der Waals surface area (Å²) in [5.74, 6) is 0.966. The quantitative estimate of drug-likeness (QED) is 0.834. The van der Waals surface area contributed by atoms with Crippen LogP contribution in [0.15, 0.2) is 36.7 Å². The van der Waals surface area contributed by atoms with Crippen LogP contribution in [0.5, 0.6) is 0 Å². The highest BCUT2D eigenvalue weighted by Crippen LogP contribution is 2.16. The van der Waals surface area contributed by atoms with Gasteiger partial charge >= 0.3 is 0 Å². The molecule has 1 aliphatic carbocycles. The van der Waals surface area contributed by atoms with E-state index in [9.17, 15) is 4.79 Å². The van der Waals surface area contributed by atoms with Crippen LogP contribution in [0.25, 0.3) is 0 Å². The van der Waals surface area contributed by atoms with E-state index in [1.807, 2.05) is 17.0 Å². The van der Waals surface area contributed by atoms with Crippen molar-refractivity contribution in [2.24, 2.45) is 5.92 Å². The van der Waals surface area contributed by atoms with E-state index in [1.165, 1.54) is 25.8 Å². The van der Waals surface area contributed by atoms with Gasteiger partial charge in [-0.2, -0.15) is 0 Å². The molecule has 2 aliphatic rings. The van der Waals surface area contributed by atoms with Crippen molar-refractivity contribution < 1.29 is 9.69 Å². The highest BCUT2D eigenvalue weighted by molar-refractivity contribution is 5.93. The molecule has 0 radical (unpaired) electrons. The number of rotatable bonds is 3. The van der Waals surface area contributed by atoms with Crippen LogP contribution in [0.3, 0.4) is 0 Å². The third-order valence-corrected chi connectivity index (χ3v) is 4.62. The number of carbonyl (C=O) groups excluding carboxylic acids is 1. The molecule has 2 heterocycles. The molecule has 1 fully saturated rings. The first kappa shape index (κ1) is 14.3. The van der Waals surface area contributed by atoms with Crippen molar-refractivity contribution in [1.82, 2.24) is 9.88 Å². The fraction of sp³-hybridized carbons (Fsp3) is 0.529. The van der Waals surface area contributed by atoms with Gasteiger partial charge in [0.05, 0.1) is 38.3 Å². The third kappa shape index (κ3) is 3.70. The molecule has 0 saturated carbocycles. The van der Waals surface area contributed by atoms with Crippen molar-refractivity contribution in [2.45, 2.75) is 19.3 Å². The maximum atomic E-state index is 12.4. The van der Waals surface area contributed by atoms with Gasteiger partial charge in [-0.1, -0.05) is 12.2 Å². The van der Waals surface area contributed by atoms with Crippen molar-refractivity contribution in [1.29, 1.82) is 0 Å². The standard InChI is InChI=1S/C17H23N3O/c21-17(16-7-4-8-18-13-16)20-11-9-19(10-12-20)14-15-5-2-1-3-6-15/h1-2,4,7-8,13,15H,3,5-6,9-12,14H2/p+1/t15-/m0/s1. The molecule has 112 valence electrons. The minimum Gasteiger partial charge on any atom is -0.332 e. The number of hydrogen-bond donors (Lipinski definition) is 1. The average molecular weight is 286 g/mol. The van der Waals surface area contributed by atoms with Crippen LogP contribution >= 0.6 is 0 Å². The predicted octanol–water partition coefficient (Wildman–Crippen LogP) is 0.779. The highest BCUT2D eigenvalue weighted by Gasteiger charge is 2.26. The summed E-state index contributed by atoms with van der Waals surface area (Å²) in [6.45, 7) is 5.15. The Hall–Kier alpha value is -1.68. The number of amides is 1. The predicted molar refractivity (Wildman–Crippen MR) is 82.2 cm³/mol. The number of pyridine rings is 1. The van der Waals surface area contributed by atoms with Crippen molar-refractivity contribution in [3.8, 4) is 0 Å². The van der Waals surface area contributed by atoms with Crippen molar-refractivity contribution in [3.05, 3.63) is 42.2 Å². The summed E-state index contributed by atoms with van der Waals surface area (Å²) in [5, 5.41) is 0. The summed E-state index contributed by atoms with van der Waals surface area (Å²) in [6.07, 6.45) is 11.8. The summed E-state index contributed by atoms with van der Waals surface area (Å²) in [4.78, 5) is 20.0. The number of hydrogen-bond acceptors (Lipinski definition) is 2. The second-order valence-corrected chi connectivity index (χ2v) is 6.14. The molecule has 1 atom stereocenters. The number of carbonyl (C=O) groups is 1. The fourth-order valence-electron chi connectivity index (χ4n) is 3.35. The molecule has 0 aromatic carbocycles. The minimum atomic E-state index is 0.128. The van der Waals surface area contributed by atoms with Gasteiger partial charge in [-0.3, -0.25) is 9.78 Å². The molecule has 1 N–H and O–H groups in total. The maximum absolute atomic E-state index is 12.4. The number of nitrogens with zero attached hydrogens (tertiary/aromatic N) is 2. The molecule has 4 heteroatoms. The molecule has 0 unspecified atom stereocenters. The molecule has 1 aromatic heterocycles. The van der Waals surface area contributed by atoms with Gasteiger partial charge in [0.25, 0.3) is 5.91 Å². The van der Waals surface area contributed by atoms with E-state index in [0.717, 1.165) is 32.1 Å². The summed E-state index contributed by atoms with van der Waals surface area (Å²) < 4.78 is 0. The Balaban J connectivity index is 1.48. The molecule has 1 saturated heterocycles. The smallest absolute Gasteiger partial charge is 0.255 e. The van der Waals surface area contributed by atoms with E-state index in [0.29, 0.717) is 5.56 Å². The van der Waals surface area contributed by atoms with Crippen LogP contribution in [0.4, 0.5) is 0 Å². The monoisotopic (exact) mass is 286 g/mol. The van der Waals surface area contributed by atoms with Gasteiger partial charge in [-0.05, 0) is 31.4 Å². The number of allylic oxidation sites excluding steroid dienone is 2. The van der Waals surface area contributed by atoms with Crippen LogP contribution in [0.1, 0.15) is 29.6 Å². The Bertz CT molecular complexity index is 492. The van der Waals surface area contributed by atoms with Crippen LogP contribution in [-0.2, 0) is 0 Å². The Morgan fingerprint density at radius 2 is 2.19 bits per heavy atom.